The van der Waals surface area contributed by atoms with Gasteiger partial charge >= 0.3 is 0 Å². The molecule has 1 fully saturated rings. The van der Waals surface area contributed by atoms with Crippen molar-refractivity contribution in [1.82, 2.24) is 4.31 Å². The molecule has 0 aliphatic carbocycles. The van der Waals surface area contributed by atoms with Crippen LogP contribution in [-0.4, -0.2) is 25.8 Å². The molecule has 0 amide bonds. The van der Waals surface area contributed by atoms with E-state index in [-0.39, 0.29) is 0 Å². The van der Waals surface area contributed by atoms with Gasteiger partial charge in [-0.15, -0.1) is 0 Å². The fourth-order valence-corrected chi connectivity index (χ4v) is 2.79. The molecule has 0 saturated carbocycles. The van der Waals surface area contributed by atoms with Gasteiger partial charge in [-0.1, -0.05) is 30.3 Å². The second kappa shape index (κ2) is 4.86. The number of rotatable bonds is 2. The van der Waals surface area contributed by atoms with Gasteiger partial charge in [-0.3, -0.25) is 0 Å². The molecule has 90 valence electrons. The molecule has 0 spiro atoms. The van der Waals surface area contributed by atoms with Gasteiger partial charge in [0.1, 0.15) is 0 Å². The Hall–Kier alpha value is -1.38. The minimum Gasteiger partial charge on any atom is -0.215 e. The zero-order valence-corrected chi connectivity index (χ0v) is 10.3. The molecular weight excluding hydrogens is 236 g/mol. The van der Waals surface area contributed by atoms with Crippen molar-refractivity contribution in [1.29, 1.82) is 5.26 Å². The summed E-state index contributed by atoms with van der Waals surface area (Å²) in [4.78, 5) is 0. The van der Waals surface area contributed by atoms with E-state index in [0.29, 0.717) is 25.9 Å². The molecule has 2 rings (SSSR count). The maximum absolute atomic E-state index is 10.9. The molecule has 1 aliphatic rings. The maximum atomic E-state index is 10.9. The third-order valence-corrected chi connectivity index (χ3v) is 4.23. The van der Waals surface area contributed by atoms with Crippen molar-refractivity contribution in [2.75, 3.05) is 13.1 Å². The standard InChI is InChI=1S/C12H14N2O2S/c13-10-12(11-4-2-1-3-5-11)6-8-14(9-7-12)17(15)16/h1-5,17H,6-9H2. The lowest BCUT2D eigenvalue weighted by Crippen LogP contribution is -2.41. The molecule has 1 saturated heterocycles. The van der Waals surface area contributed by atoms with Gasteiger partial charge in [0.15, 0.2) is 0 Å². The van der Waals surface area contributed by atoms with E-state index in [4.69, 9.17) is 0 Å². The number of nitrogens with zero attached hydrogens (tertiary/aromatic N) is 2. The number of piperidine rings is 1. The van der Waals surface area contributed by atoms with Crippen molar-refractivity contribution < 1.29 is 8.42 Å². The summed E-state index contributed by atoms with van der Waals surface area (Å²) in [5, 5.41) is 9.40. The van der Waals surface area contributed by atoms with Gasteiger partial charge in [0, 0.05) is 13.1 Å². The lowest BCUT2D eigenvalue weighted by atomic mass is 9.74. The summed E-state index contributed by atoms with van der Waals surface area (Å²) >= 11 is 0. The van der Waals surface area contributed by atoms with Gasteiger partial charge in [0.25, 0.3) is 0 Å². The van der Waals surface area contributed by atoms with E-state index in [0.717, 1.165) is 5.56 Å². The average molecular weight is 250 g/mol. The van der Waals surface area contributed by atoms with Crippen molar-refractivity contribution >= 4 is 10.9 Å². The summed E-state index contributed by atoms with van der Waals surface area (Å²) in [7, 11) is -2.51. The molecular formula is C12H14N2O2S. The molecule has 5 heteroatoms. The SMILES string of the molecule is N#CC1(c2ccccc2)CCN([SH](=O)=O)CC1. The molecule has 0 aromatic heterocycles. The highest BCUT2D eigenvalue weighted by Crippen LogP contribution is 2.34. The molecule has 17 heavy (non-hydrogen) atoms. The molecule has 1 aliphatic heterocycles. The summed E-state index contributed by atoms with van der Waals surface area (Å²) in [6.45, 7) is 0.863. The topological polar surface area (TPSA) is 61.2 Å². The number of benzene rings is 1. The fraction of sp³-hybridized carbons (Fsp3) is 0.417. The predicted octanol–water partition coefficient (Wildman–Crippen LogP) is 1.07. The first-order chi connectivity index (χ1) is 8.18. The highest BCUT2D eigenvalue weighted by atomic mass is 32.2. The summed E-state index contributed by atoms with van der Waals surface area (Å²) < 4.78 is 23.2. The maximum Gasteiger partial charge on any atom is 0.203 e. The average Bonchev–Trinajstić information content (AvgIpc) is 2.40. The van der Waals surface area contributed by atoms with E-state index in [1.165, 1.54) is 4.31 Å². The zero-order chi connectivity index (χ0) is 12.3. The third-order valence-electron chi connectivity index (χ3n) is 3.36. The smallest absolute Gasteiger partial charge is 0.203 e. The summed E-state index contributed by atoms with van der Waals surface area (Å²) in [5.74, 6) is 0. The van der Waals surface area contributed by atoms with E-state index in [9.17, 15) is 13.7 Å². The van der Waals surface area contributed by atoms with Crippen LogP contribution in [0.1, 0.15) is 18.4 Å². The van der Waals surface area contributed by atoms with Crippen LogP contribution in [0.5, 0.6) is 0 Å². The van der Waals surface area contributed by atoms with E-state index in [2.05, 4.69) is 6.07 Å². The van der Waals surface area contributed by atoms with Gasteiger partial charge in [-0.05, 0) is 18.4 Å². The monoisotopic (exact) mass is 250 g/mol. The van der Waals surface area contributed by atoms with Gasteiger partial charge in [0.2, 0.25) is 10.9 Å². The van der Waals surface area contributed by atoms with E-state index >= 15 is 0 Å². The van der Waals surface area contributed by atoms with E-state index in [1.807, 2.05) is 30.3 Å². The van der Waals surface area contributed by atoms with Crippen molar-refractivity contribution in [3.05, 3.63) is 35.9 Å². The van der Waals surface area contributed by atoms with Crippen LogP contribution in [0.2, 0.25) is 0 Å². The second-order valence-electron chi connectivity index (χ2n) is 4.25. The number of hydrogen-bond donors (Lipinski definition) is 1. The molecule has 0 bridgehead atoms. The Morgan fingerprint density at radius 2 is 1.76 bits per heavy atom. The van der Waals surface area contributed by atoms with Crippen molar-refractivity contribution in [2.45, 2.75) is 18.3 Å². The van der Waals surface area contributed by atoms with Crippen molar-refractivity contribution in [2.24, 2.45) is 0 Å². The van der Waals surface area contributed by atoms with Gasteiger partial charge in [-0.25, -0.2) is 12.7 Å². The molecule has 0 N–H and O–H groups in total. The number of hydrogen-bond acceptors (Lipinski definition) is 3. The highest BCUT2D eigenvalue weighted by molar-refractivity contribution is 7.69. The van der Waals surface area contributed by atoms with E-state index < -0.39 is 16.3 Å². The largest absolute Gasteiger partial charge is 0.215 e. The first kappa shape index (κ1) is 12.1. The quantitative estimate of drug-likeness (QED) is 0.799. The Bertz CT molecular complexity index is 489. The minimum atomic E-state index is -2.51. The first-order valence-electron chi connectivity index (χ1n) is 5.54. The highest BCUT2D eigenvalue weighted by Gasteiger charge is 2.36. The lowest BCUT2D eigenvalue weighted by Gasteiger charge is -2.34. The fourth-order valence-electron chi connectivity index (χ4n) is 2.26. The van der Waals surface area contributed by atoms with Crippen molar-refractivity contribution in [3.63, 3.8) is 0 Å². The Balaban J connectivity index is 2.23. The van der Waals surface area contributed by atoms with Crippen molar-refractivity contribution in [3.8, 4) is 6.07 Å². The third kappa shape index (κ3) is 2.33. The molecule has 1 aromatic rings. The van der Waals surface area contributed by atoms with Crippen LogP contribution < -0.4 is 0 Å². The van der Waals surface area contributed by atoms with Crippen LogP contribution in [0.15, 0.2) is 30.3 Å². The van der Waals surface area contributed by atoms with Crippen LogP contribution in [-0.2, 0) is 16.3 Å². The van der Waals surface area contributed by atoms with Crippen LogP contribution in [0, 0.1) is 11.3 Å². The Morgan fingerprint density at radius 1 is 1.18 bits per heavy atom. The lowest BCUT2D eigenvalue weighted by molar-refractivity contribution is 0.283. The molecule has 0 radical (unpaired) electrons. The van der Waals surface area contributed by atoms with Gasteiger partial charge < -0.3 is 0 Å². The molecule has 1 heterocycles. The second-order valence-corrected chi connectivity index (χ2v) is 5.29. The van der Waals surface area contributed by atoms with Crippen LogP contribution in [0.4, 0.5) is 0 Å². The molecule has 0 atom stereocenters. The Kier molecular flexibility index (Phi) is 3.46. The van der Waals surface area contributed by atoms with Crippen LogP contribution in [0.3, 0.4) is 0 Å². The normalized spacial score (nSPS) is 20.0. The zero-order valence-electron chi connectivity index (χ0n) is 9.37. The summed E-state index contributed by atoms with van der Waals surface area (Å²) in [6.07, 6.45) is 1.13. The number of nitriles is 1. The first-order valence-corrected chi connectivity index (χ1v) is 6.67. The number of thiol groups is 1. The predicted molar refractivity (Wildman–Crippen MR) is 64.9 cm³/mol. The van der Waals surface area contributed by atoms with E-state index in [1.54, 1.807) is 0 Å². The minimum absolute atomic E-state index is 0.432. The van der Waals surface area contributed by atoms with Gasteiger partial charge in [0.05, 0.1) is 11.5 Å². The van der Waals surface area contributed by atoms with Crippen LogP contribution >= 0.6 is 0 Å². The van der Waals surface area contributed by atoms with Gasteiger partial charge in [-0.2, -0.15) is 5.26 Å². The molecule has 1 aromatic carbocycles. The summed E-state index contributed by atoms with van der Waals surface area (Å²) in [6, 6.07) is 12.0. The molecule has 4 nitrogen and oxygen atoms in total. The Morgan fingerprint density at radius 3 is 2.24 bits per heavy atom. The Labute approximate surface area is 103 Å². The summed E-state index contributed by atoms with van der Waals surface area (Å²) in [5.41, 5.74) is 0.464. The molecule has 0 unspecified atom stereocenters. The van der Waals surface area contributed by atoms with Crippen LogP contribution in [0.25, 0.3) is 0 Å².